The Morgan fingerprint density at radius 2 is 2.08 bits per heavy atom. The molecule has 3 aromatic rings. The van der Waals surface area contributed by atoms with Crippen molar-refractivity contribution >= 4 is 16.9 Å². The molecular weight excluding hydrogens is 314 g/mol. The summed E-state index contributed by atoms with van der Waals surface area (Å²) in [6.07, 6.45) is 1.10. The van der Waals surface area contributed by atoms with Crippen LogP contribution >= 0.6 is 0 Å². The van der Waals surface area contributed by atoms with E-state index in [2.05, 4.69) is 15.3 Å². The number of para-hydroxylation sites is 2. The van der Waals surface area contributed by atoms with E-state index in [1.165, 1.54) is 0 Å². The van der Waals surface area contributed by atoms with Gasteiger partial charge in [-0.15, -0.1) is 0 Å². The van der Waals surface area contributed by atoms with Crippen LogP contribution in [0.1, 0.15) is 24.7 Å². The van der Waals surface area contributed by atoms with Crippen molar-refractivity contribution in [3.63, 3.8) is 0 Å². The molecule has 1 atom stereocenters. The van der Waals surface area contributed by atoms with Crippen LogP contribution in [0.25, 0.3) is 11.0 Å². The van der Waals surface area contributed by atoms with Gasteiger partial charge in [0.1, 0.15) is 11.6 Å². The zero-order valence-electron chi connectivity index (χ0n) is 14.6. The highest BCUT2D eigenvalue weighted by molar-refractivity contribution is 5.80. The Morgan fingerprint density at radius 1 is 1.24 bits per heavy atom. The summed E-state index contributed by atoms with van der Waals surface area (Å²) in [6.45, 7) is 4.35. The summed E-state index contributed by atoms with van der Waals surface area (Å²) in [5, 5.41) is 2.92. The number of aromatic amines is 1. The summed E-state index contributed by atoms with van der Waals surface area (Å²) in [7, 11) is 0. The molecule has 0 bridgehead atoms. The highest BCUT2D eigenvalue weighted by atomic mass is 16.5. The number of fused-ring (bicyclic) bond motifs is 1. The molecule has 0 aliphatic heterocycles. The predicted octanol–water partition coefficient (Wildman–Crippen LogP) is 3.39. The molecule has 0 saturated heterocycles. The van der Waals surface area contributed by atoms with Gasteiger partial charge in [-0.1, -0.05) is 24.3 Å². The molecule has 2 aromatic carbocycles. The molecule has 0 spiro atoms. The average molecular weight is 337 g/mol. The van der Waals surface area contributed by atoms with E-state index in [-0.39, 0.29) is 5.91 Å². The second-order valence-electron chi connectivity index (χ2n) is 6.17. The number of benzene rings is 2. The lowest BCUT2D eigenvalue weighted by molar-refractivity contribution is -0.127. The first-order chi connectivity index (χ1) is 12.1. The van der Waals surface area contributed by atoms with Gasteiger partial charge in [-0.05, 0) is 50.1 Å². The molecule has 0 aliphatic carbocycles. The summed E-state index contributed by atoms with van der Waals surface area (Å²) in [6, 6.07) is 15.7. The minimum atomic E-state index is -0.520. The van der Waals surface area contributed by atoms with E-state index < -0.39 is 6.10 Å². The van der Waals surface area contributed by atoms with Gasteiger partial charge in [-0.25, -0.2) is 4.98 Å². The first kappa shape index (κ1) is 17.0. The molecule has 0 saturated carbocycles. The second kappa shape index (κ2) is 7.83. The molecule has 5 nitrogen and oxygen atoms in total. The molecule has 130 valence electrons. The summed E-state index contributed by atoms with van der Waals surface area (Å²) >= 11 is 0. The number of carbonyl (C=O) groups is 1. The van der Waals surface area contributed by atoms with Crippen molar-refractivity contribution in [1.29, 1.82) is 0 Å². The summed E-state index contributed by atoms with van der Waals surface area (Å²) < 4.78 is 5.68. The van der Waals surface area contributed by atoms with Gasteiger partial charge in [0, 0.05) is 13.0 Å². The molecular formula is C20H23N3O2. The number of amides is 1. The molecule has 0 aliphatic rings. The highest BCUT2D eigenvalue weighted by Gasteiger charge is 2.14. The Morgan fingerprint density at radius 3 is 2.88 bits per heavy atom. The fraction of sp³-hybridized carbons (Fsp3) is 0.300. The predicted molar refractivity (Wildman–Crippen MR) is 98.7 cm³/mol. The molecule has 1 amide bonds. The van der Waals surface area contributed by atoms with Crippen LogP contribution in [0.2, 0.25) is 0 Å². The maximum Gasteiger partial charge on any atom is 0.260 e. The molecule has 5 heteroatoms. The lowest BCUT2D eigenvalue weighted by Gasteiger charge is -2.15. The van der Waals surface area contributed by atoms with E-state index in [0.29, 0.717) is 12.3 Å². The third-order valence-electron chi connectivity index (χ3n) is 4.00. The summed E-state index contributed by atoms with van der Waals surface area (Å²) in [4.78, 5) is 20.0. The monoisotopic (exact) mass is 337 g/mol. The largest absolute Gasteiger partial charge is 0.481 e. The van der Waals surface area contributed by atoms with Crippen LogP contribution in [0.5, 0.6) is 5.75 Å². The third-order valence-corrected chi connectivity index (χ3v) is 4.00. The van der Waals surface area contributed by atoms with Crippen LogP contribution in [0.15, 0.2) is 48.5 Å². The van der Waals surface area contributed by atoms with Crippen molar-refractivity contribution in [2.45, 2.75) is 32.8 Å². The van der Waals surface area contributed by atoms with Gasteiger partial charge in [0.15, 0.2) is 6.10 Å². The van der Waals surface area contributed by atoms with Crippen molar-refractivity contribution in [3.8, 4) is 5.75 Å². The Balaban J connectivity index is 1.42. The minimum Gasteiger partial charge on any atom is -0.481 e. The van der Waals surface area contributed by atoms with E-state index in [1.807, 2.05) is 55.5 Å². The van der Waals surface area contributed by atoms with Crippen molar-refractivity contribution in [1.82, 2.24) is 15.3 Å². The number of hydrogen-bond donors (Lipinski definition) is 2. The molecule has 25 heavy (non-hydrogen) atoms. The maximum absolute atomic E-state index is 12.1. The zero-order valence-corrected chi connectivity index (χ0v) is 14.6. The number of H-pyrrole nitrogens is 1. The van der Waals surface area contributed by atoms with Gasteiger partial charge in [-0.3, -0.25) is 4.79 Å². The van der Waals surface area contributed by atoms with Gasteiger partial charge in [-0.2, -0.15) is 0 Å². The first-order valence-electron chi connectivity index (χ1n) is 8.56. The second-order valence-corrected chi connectivity index (χ2v) is 6.17. The Kier molecular flexibility index (Phi) is 5.33. The van der Waals surface area contributed by atoms with E-state index in [1.54, 1.807) is 6.92 Å². The lowest BCUT2D eigenvalue weighted by Crippen LogP contribution is -2.37. The van der Waals surface area contributed by atoms with Crippen molar-refractivity contribution in [2.75, 3.05) is 6.54 Å². The number of ether oxygens (including phenoxy) is 1. The SMILES string of the molecule is Cc1cccc(OC(C)C(=O)NCCCc2nc3ccccc3[nH]2)c1. The molecule has 0 radical (unpaired) electrons. The number of imidazole rings is 1. The minimum absolute atomic E-state index is 0.105. The Bertz CT molecular complexity index is 824. The van der Waals surface area contributed by atoms with Gasteiger partial charge < -0.3 is 15.0 Å². The average Bonchev–Trinajstić information content (AvgIpc) is 3.01. The van der Waals surface area contributed by atoms with E-state index in [4.69, 9.17) is 4.74 Å². The zero-order chi connectivity index (χ0) is 17.6. The standard InChI is InChI=1S/C20H23N3O2/c1-14-7-5-8-16(13-14)25-15(2)20(24)21-12-6-11-19-22-17-9-3-4-10-18(17)23-19/h3-5,7-10,13,15H,6,11-12H2,1-2H3,(H,21,24)(H,22,23). The molecule has 0 fully saturated rings. The normalized spacial score (nSPS) is 12.1. The molecule has 1 unspecified atom stereocenters. The van der Waals surface area contributed by atoms with Crippen LogP contribution in [0, 0.1) is 6.92 Å². The molecule has 3 rings (SSSR count). The Hall–Kier alpha value is -2.82. The quantitative estimate of drug-likeness (QED) is 0.650. The maximum atomic E-state index is 12.1. The van der Waals surface area contributed by atoms with Gasteiger partial charge in [0.2, 0.25) is 0 Å². The summed E-state index contributed by atoms with van der Waals surface area (Å²) in [5.41, 5.74) is 3.12. The highest BCUT2D eigenvalue weighted by Crippen LogP contribution is 2.14. The van der Waals surface area contributed by atoms with E-state index in [9.17, 15) is 4.79 Å². The van der Waals surface area contributed by atoms with Crippen molar-refractivity contribution in [2.24, 2.45) is 0 Å². The smallest absolute Gasteiger partial charge is 0.260 e. The number of carbonyl (C=O) groups excluding carboxylic acids is 1. The van der Waals surface area contributed by atoms with Crippen molar-refractivity contribution in [3.05, 3.63) is 59.9 Å². The van der Waals surface area contributed by atoms with Crippen LogP contribution in [-0.4, -0.2) is 28.5 Å². The van der Waals surface area contributed by atoms with Gasteiger partial charge in [0.05, 0.1) is 11.0 Å². The van der Waals surface area contributed by atoms with Crippen molar-refractivity contribution < 1.29 is 9.53 Å². The third kappa shape index (κ3) is 4.59. The fourth-order valence-corrected chi connectivity index (χ4v) is 2.68. The molecule has 1 aromatic heterocycles. The van der Waals surface area contributed by atoms with Crippen LogP contribution in [0.3, 0.4) is 0 Å². The van der Waals surface area contributed by atoms with Crippen LogP contribution < -0.4 is 10.1 Å². The molecule has 2 N–H and O–H groups in total. The van der Waals surface area contributed by atoms with Gasteiger partial charge in [0.25, 0.3) is 5.91 Å². The number of aryl methyl sites for hydroxylation is 2. The van der Waals surface area contributed by atoms with Crippen LogP contribution in [-0.2, 0) is 11.2 Å². The molecule has 1 heterocycles. The Labute approximate surface area is 147 Å². The van der Waals surface area contributed by atoms with E-state index >= 15 is 0 Å². The number of rotatable bonds is 7. The number of nitrogens with zero attached hydrogens (tertiary/aromatic N) is 1. The fourth-order valence-electron chi connectivity index (χ4n) is 2.68. The lowest BCUT2D eigenvalue weighted by atomic mass is 10.2. The summed E-state index contributed by atoms with van der Waals surface area (Å²) in [5.74, 6) is 1.55. The number of hydrogen-bond acceptors (Lipinski definition) is 3. The number of nitrogens with one attached hydrogen (secondary N) is 2. The van der Waals surface area contributed by atoms with Gasteiger partial charge >= 0.3 is 0 Å². The van der Waals surface area contributed by atoms with Crippen LogP contribution in [0.4, 0.5) is 0 Å². The number of aromatic nitrogens is 2. The topological polar surface area (TPSA) is 67.0 Å². The van der Waals surface area contributed by atoms with E-state index in [0.717, 1.165) is 35.3 Å². The first-order valence-corrected chi connectivity index (χ1v) is 8.56.